The zero-order chi connectivity index (χ0) is 47.5. The lowest BCUT2D eigenvalue weighted by Gasteiger charge is -2.31. The van der Waals surface area contributed by atoms with Crippen molar-refractivity contribution in [3.05, 3.63) is 200 Å². The van der Waals surface area contributed by atoms with Gasteiger partial charge in [0.15, 0.2) is 5.78 Å². The minimum Gasteiger partial charge on any atom is -0.496 e. The van der Waals surface area contributed by atoms with E-state index in [1.54, 1.807) is 73.8 Å². The summed E-state index contributed by atoms with van der Waals surface area (Å²) in [4.78, 5) is 51.8. The maximum absolute atomic E-state index is 13.5. The Morgan fingerprint density at radius 3 is 1.08 bits per heavy atom. The monoisotopic (exact) mass is 880 g/mol. The Bertz CT molecular complexity index is 3030. The molecular formula is C58H56O8. The quantitative estimate of drug-likeness (QED) is 0.0604. The van der Waals surface area contributed by atoms with E-state index in [-0.39, 0.29) is 11.2 Å². The molecule has 66 heavy (non-hydrogen) atoms. The Hall–Kier alpha value is -7.32. The van der Waals surface area contributed by atoms with E-state index in [2.05, 4.69) is 45.9 Å². The highest BCUT2D eigenvalue weighted by Gasteiger charge is 2.30. The molecule has 0 amide bonds. The Labute approximate surface area is 387 Å². The SMILES string of the molecule is CCC(C)(c1ccc(OC)c(C)c1)c1ccc(OC(=O)c2ccc3cc(C(=O)Oc4ccc(C(C)(CC)c5ccc(OC(=O)c6cccc(C(C)=O)c6)c(C)c5)cc4C)ccc3c2)c(C)c1. The summed E-state index contributed by atoms with van der Waals surface area (Å²) in [6.07, 6.45) is 1.65. The van der Waals surface area contributed by atoms with E-state index >= 15 is 0 Å². The van der Waals surface area contributed by atoms with Crippen molar-refractivity contribution >= 4 is 34.5 Å². The maximum atomic E-state index is 13.5. The molecule has 8 heteroatoms. The van der Waals surface area contributed by atoms with Crippen LogP contribution in [0.2, 0.25) is 0 Å². The number of methoxy groups -OCH3 is 1. The van der Waals surface area contributed by atoms with Crippen LogP contribution in [0.4, 0.5) is 0 Å². The molecule has 7 aromatic rings. The fourth-order valence-electron chi connectivity index (χ4n) is 8.53. The summed E-state index contributed by atoms with van der Waals surface area (Å²) in [5.41, 5.74) is 8.80. The van der Waals surface area contributed by atoms with Gasteiger partial charge < -0.3 is 18.9 Å². The number of benzene rings is 7. The first-order valence-electron chi connectivity index (χ1n) is 22.3. The zero-order valence-electron chi connectivity index (χ0n) is 39.4. The zero-order valence-corrected chi connectivity index (χ0v) is 39.4. The first-order valence-corrected chi connectivity index (χ1v) is 22.3. The van der Waals surface area contributed by atoms with Crippen molar-refractivity contribution in [2.45, 2.75) is 86.0 Å². The van der Waals surface area contributed by atoms with Crippen LogP contribution in [0.15, 0.2) is 133 Å². The molecule has 0 spiro atoms. The van der Waals surface area contributed by atoms with Crippen LogP contribution >= 0.6 is 0 Å². The highest BCUT2D eigenvalue weighted by Crippen LogP contribution is 2.41. The molecule has 2 atom stereocenters. The molecule has 336 valence electrons. The van der Waals surface area contributed by atoms with E-state index in [0.29, 0.717) is 39.5 Å². The highest BCUT2D eigenvalue weighted by atomic mass is 16.5. The Balaban J connectivity index is 1.01. The molecule has 2 unspecified atom stereocenters. The fraction of sp³-hybridized carbons (Fsp3) is 0.241. The summed E-state index contributed by atoms with van der Waals surface area (Å²) >= 11 is 0. The average molecular weight is 881 g/mol. The summed E-state index contributed by atoms with van der Waals surface area (Å²) in [7, 11) is 1.68. The van der Waals surface area contributed by atoms with Gasteiger partial charge in [0.05, 0.1) is 23.8 Å². The molecule has 7 rings (SSSR count). The Morgan fingerprint density at radius 1 is 0.424 bits per heavy atom. The number of ether oxygens (including phenoxy) is 4. The first-order chi connectivity index (χ1) is 31.5. The van der Waals surface area contributed by atoms with Gasteiger partial charge in [0.2, 0.25) is 0 Å². The van der Waals surface area contributed by atoms with Gasteiger partial charge in [-0.25, -0.2) is 14.4 Å². The van der Waals surface area contributed by atoms with E-state index in [9.17, 15) is 19.2 Å². The predicted octanol–water partition coefficient (Wildman–Crippen LogP) is 13.4. The molecule has 0 aromatic heterocycles. The molecule has 0 fully saturated rings. The minimum atomic E-state index is -0.534. The van der Waals surface area contributed by atoms with Crippen LogP contribution in [0.3, 0.4) is 0 Å². The number of carbonyl (C=O) groups is 4. The molecule has 0 saturated carbocycles. The number of carbonyl (C=O) groups excluding carboxylic acids is 4. The van der Waals surface area contributed by atoms with Gasteiger partial charge in [-0.3, -0.25) is 4.79 Å². The lowest BCUT2D eigenvalue weighted by atomic mass is 9.73. The van der Waals surface area contributed by atoms with E-state index in [4.69, 9.17) is 18.9 Å². The lowest BCUT2D eigenvalue weighted by Crippen LogP contribution is -2.23. The predicted molar refractivity (Wildman–Crippen MR) is 260 cm³/mol. The van der Waals surface area contributed by atoms with Gasteiger partial charge >= 0.3 is 17.9 Å². The Kier molecular flexibility index (Phi) is 13.5. The van der Waals surface area contributed by atoms with Gasteiger partial charge in [0.1, 0.15) is 23.0 Å². The summed E-state index contributed by atoms with van der Waals surface area (Å²) in [6.45, 7) is 18.0. The number of rotatable bonds is 14. The molecule has 0 aliphatic rings. The standard InChI is InChI=1S/C58H56O8/c1-11-57(8,46-20-24-50(63-10)35(3)28-46)47-22-26-52(37(5)30-47)65-55(61)44-18-16-42-34-45(19-17-41(42)33-44)56(62)66-53-27-23-49(31-38(53)6)58(9,12-2)48-21-25-51(36(4)29-48)64-54(60)43-15-13-14-40(32-43)39(7)59/h13-34H,11-12H2,1-10H3. The van der Waals surface area contributed by atoms with Crippen molar-refractivity contribution in [3.63, 3.8) is 0 Å². The van der Waals surface area contributed by atoms with Crippen molar-refractivity contribution in [2.75, 3.05) is 7.11 Å². The summed E-state index contributed by atoms with van der Waals surface area (Å²) < 4.78 is 23.1. The van der Waals surface area contributed by atoms with Crippen molar-refractivity contribution in [3.8, 4) is 23.0 Å². The van der Waals surface area contributed by atoms with Gasteiger partial charge in [-0.15, -0.1) is 0 Å². The van der Waals surface area contributed by atoms with Crippen LogP contribution in [0.25, 0.3) is 10.8 Å². The number of fused-ring (bicyclic) bond motifs is 1. The number of aryl methyl sites for hydroxylation is 4. The molecule has 0 bridgehead atoms. The third-order valence-electron chi connectivity index (χ3n) is 13.3. The van der Waals surface area contributed by atoms with Crippen LogP contribution in [-0.2, 0) is 10.8 Å². The van der Waals surface area contributed by atoms with Crippen LogP contribution in [-0.4, -0.2) is 30.8 Å². The number of hydrogen-bond acceptors (Lipinski definition) is 8. The number of ketones is 1. The normalized spacial score (nSPS) is 13.0. The number of esters is 3. The van der Waals surface area contributed by atoms with Crippen molar-refractivity contribution in [1.29, 1.82) is 0 Å². The third-order valence-corrected chi connectivity index (χ3v) is 13.3. The molecule has 0 aliphatic carbocycles. The highest BCUT2D eigenvalue weighted by molar-refractivity contribution is 6.00. The molecule has 0 heterocycles. The van der Waals surface area contributed by atoms with Crippen LogP contribution in [0.1, 0.15) is 133 Å². The van der Waals surface area contributed by atoms with E-state index in [0.717, 1.165) is 68.3 Å². The van der Waals surface area contributed by atoms with Crippen LogP contribution in [0.5, 0.6) is 23.0 Å². The van der Waals surface area contributed by atoms with Crippen LogP contribution < -0.4 is 18.9 Å². The topological polar surface area (TPSA) is 105 Å². The van der Waals surface area contributed by atoms with Crippen molar-refractivity contribution < 1.29 is 38.1 Å². The molecule has 0 radical (unpaired) electrons. The molecule has 0 N–H and O–H groups in total. The summed E-state index contributed by atoms with van der Waals surface area (Å²) in [6, 6.07) is 41.0. The first kappa shape index (κ1) is 46.7. The van der Waals surface area contributed by atoms with Gasteiger partial charge in [-0.2, -0.15) is 0 Å². The second kappa shape index (κ2) is 19.0. The molecule has 7 aromatic carbocycles. The van der Waals surface area contributed by atoms with Gasteiger partial charge in [-0.05, 0) is 163 Å². The van der Waals surface area contributed by atoms with E-state index < -0.39 is 23.3 Å². The molecule has 8 nitrogen and oxygen atoms in total. The second-order valence-corrected chi connectivity index (χ2v) is 17.6. The van der Waals surface area contributed by atoms with Crippen molar-refractivity contribution in [2.24, 2.45) is 0 Å². The van der Waals surface area contributed by atoms with E-state index in [1.807, 2.05) is 76.2 Å². The fourth-order valence-corrected chi connectivity index (χ4v) is 8.53. The van der Waals surface area contributed by atoms with Crippen LogP contribution in [0, 0.1) is 27.7 Å². The van der Waals surface area contributed by atoms with E-state index in [1.165, 1.54) is 12.5 Å². The summed E-state index contributed by atoms with van der Waals surface area (Å²) in [5, 5.41) is 1.56. The maximum Gasteiger partial charge on any atom is 0.343 e. The lowest BCUT2D eigenvalue weighted by molar-refractivity contribution is 0.0724. The van der Waals surface area contributed by atoms with Gasteiger partial charge in [0.25, 0.3) is 0 Å². The molecule has 0 aliphatic heterocycles. The smallest absolute Gasteiger partial charge is 0.343 e. The average Bonchev–Trinajstić information content (AvgIpc) is 3.32. The largest absolute Gasteiger partial charge is 0.496 e. The number of hydrogen-bond donors (Lipinski definition) is 0. The Morgan fingerprint density at radius 2 is 0.758 bits per heavy atom. The summed E-state index contributed by atoms with van der Waals surface area (Å²) in [5.74, 6) is 0.611. The molecule has 0 saturated heterocycles. The van der Waals surface area contributed by atoms with Gasteiger partial charge in [-0.1, -0.05) is 100 Å². The molecular weight excluding hydrogens is 825 g/mol. The minimum absolute atomic E-state index is 0.126. The van der Waals surface area contributed by atoms with Crippen molar-refractivity contribution in [1.82, 2.24) is 0 Å². The van der Waals surface area contributed by atoms with Gasteiger partial charge in [0, 0.05) is 16.4 Å². The second-order valence-electron chi connectivity index (χ2n) is 17.6. The number of Topliss-reactive ketones (excluding diaryl/α,β-unsaturated/α-hetero) is 1. The third kappa shape index (κ3) is 9.41.